The fraction of sp³-hybridized carbons (Fsp3) is 0.710. The van der Waals surface area contributed by atoms with E-state index in [1.165, 1.54) is 0 Å². The normalized spacial score (nSPS) is 23.2. The Kier molecular flexibility index (Phi) is 12.8. The number of hydrogen-bond donors (Lipinski definition) is 2. The molecule has 2 aliphatic heterocycles. The number of ether oxygens (including phenoxy) is 3. The average molecular weight is 709 g/mol. The lowest BCUT2D eigenvalue weighted by Gasteiger charge is -2.32. The van der Waals surface area contributed by atoms with E-state index >= 15 is 0 Å². The molecule has 0 saturated carbocycles. The summed E-state index contributed by atoms with van der Waals surface area (Å²) in [5, 5.41) is 6.22. The van der Waals surface area contributed by atoms with E-state index in [0.717, 1.165) is 11.4 Å². The van der Waals surface area contributed by atoms with Gasteiger partial charge in [-0.1, -0.05) is 41.9 Å². The summed E-state index contributed by atoms with van der Waals surface area (Å²) in [6, 6.07) is 7.51. The minimum absolute atomic E-state index is 0.213. The Hall–Kier alpha value is -3.41. The van der Waals surface area contributed by atoms with E-state index in [1.807, 2.05) is 33.8 Å². The molecule has 3 rings (SSSR count). The molecule has 0 unspecified atom stereocenters. The van der Waals surface area contributed by atoms with Crippen LogP contribution in [0.15, 0.2) is 35.4 Å². The monoisotopic (exact) mass is 708 g/mol. The first kappa shape index (κ1) is 40.0. The van der Waals surface area contributed by atoms with Crippen molar-refractivity contribution in [3.8, 4) is 0 Å². The van der Waals surface area contributed by atoms with Crippen molar-refractivity contribution in [1.82, 2.24) is 14.3 Å². The van der Waals surface area contributed by atoms with E-state index < -0.39 is 88.9 Å². The van der Waals surface area contributed by atoms with Crippen LogP contribution < -0.4 is 10.0 Å². The molecule has 0 spiro atoms. The van der Waals surface area contributed by atoms with Crippen molar-refractivity contribution < 1.29 is 46.3 Å². The van der Waals surface area contributed by atoms with Crippen LogP contribution in [0.5, 0.6) is 0 Å². The molecule has 2 N–H and O–H groups in total. The summed E-state index contributed by atoms with van der Waals surface area (Å²) in [4.78, 5) is 41.7. The quantitative estimate of drug-likeness (QED) is 0.0708. The molecule has 18 heteroatoms. The molecule has 49 heavy (non-hydrogen) atoms. The molecule has 1 amide bonds. The van der Waals surface area contributed by atoms with Crippen molar-refractivity contribution in [1.29, 1.82) is 0 Å². The minimum Gasteiger partial charge on any atom is -0.467 e. The first-order chi connectivity index (χ1) is 22.7. The van der Waals surface area contributed by atoms with Crippen molar-refractivity contribution in [3.63, 3.8) is 0 Å². The lowest BCUT2D eigenvalue weighted by Crippen LogP contribution is -2.52. The maximum atomic E-state index is 13.9. The van der Waals surface area contributed by atoms with Crippen LogP contribution in [0.4, 0.5) is 4.79 Å². The van der Waals surface area contributed by atoms with Crippen LogP contribution in [-0.4, -0.2) is 93.0 Å². The van der Waals surface area contributed by atoms with Gasteiger partial charge >= 0.3 is 25.2 Å². The number of nitrogens with zero attached hydrogens (tertiary/aromatic N) is 4. The Morgan fingerprint density at radius 1 is 1.14 bits per heavy atom. The Morgan fingerprint density at radius 3 is 2.31 bits per heavy atom. The molecule has 2 aliphatic rings. The molecule has 0 radical (unpaired) electrons. The third-order valence-corrected chi connectivity index (χ3v) is 10.4. The number of rotatable bonds is 14. The molecule has 0 aliphatic carbocycles. The van der Waals surface area contributed by atoms with Gasteiger partial charge in [0, 0.05) is 24.5 Å². The zero-order valence-electron chi connectivity index (χ0n) is 29.7. The molecule has 0 aromatic heterocycles. The maximum Gasteiger partial charge on any atom is 0.457 e. The van der Waals surface area contributed by atoms with Crippen LogP contribution in [-0.2, 0) is 43.3 Å². The van der Waals surface area contributed by atoms with Crippen LogP contribution in [0.1, 0.15) is 79.9 Å². The van der Waals surface area contributed by atoms with Crippen LogP contribution in [0.2, 0.25) is 6.32 Å². The van der Waals surface area contributed by atoms with Gasteiger partial charge in [0.15, 0.2) is 5.54 Å². The van der Waals surface area contributed by atoms with E-state index in [2.05, 4.69) is 20.1 Å². The number of hydrogen-bond acceptors (Lipinski definition) is 11. The lowest BCUT2D eigenvalue weighted by molar-refractivity contribution is -0.156. The van der Waals surface area contributed by atoms with E-state index in [0.29, 0.717) is 18.3 Å². The second kappa shape index (κ2) is 15.6. The summed E-state index contributed by atoms with van der Waals surface area (Å²) >= 11 is 0. The third-order valence-electron chi connectivity index (χ3n) is 8.93. The Labute approximate surface area is 288 Å². The summed E-state index contributed by atoms with van der Waals surface area (Å²) in [6.07, 6.45) is -0.546. The van der Waals surface area contributed by atoms with Gasteiger partial charge in [-0.3, -0.25) is 4.79 Å². The van der Waals surface area contributed by atoms with E-state index in [1.54, 1.807) is 52.0 Å². The van der Waals surface area contributed by atoms with Gasteiger partial charge in [-0.2, -0.15) is 17.4 Å². The second-order valence-electron chi connectivity index (χ2n) is 14.3. The van der Waals surface area contributed by atoms with Gasteiger partial charge in [-0.05, 0) is 85.1 Å². The van der Waals surface area contributed by atoms with Gasteiger partial charge in [0.2, 0.25) is 0 Å². The van der Waals surface area contributed by atoms with Gasteiger partial charge in [0.05, 0.1) is 18.3 Å². The first-order valence-electron chi connectivity index (χ1n) is 16.2. The molecular formula is C31H49BN6O10S. The molecule has 0 bridgehead atoms. The number of methoxy groups -OCH3 is 1. The fourth-order valence-corrected chi connectivity index (χ4v) is 6.87. The number of amides is 1. The Morgan fingerprint density at radius 2 is 1.76 bits per heavy atom. The summed E-state index contributed by atoms with van der Waals surface area (Å²) in [5.41, 5.74) is 6.47. The van der Waals surface area contributed by atoms with Gasteiger partial charge in [0.25, 0.3) is 10.2 Å². The van der Waals surface area contributed by atoms with Gasteiger partial charge in [-0.15, -0.1) is 0 Å². The molecule has 2 heterocycles. The summed E-state index contributed by atoms with van der Waals surface area (Å²) in [7, 11) is -3.87. The van der Waals surface area contributed by atoms with Gasteiger partial charge in [0.1, 0.15) is 17.7 Å². The molecule has 16 nitrogen and oxygen atoms in total. The zero-order chi connectivity index (χ0) is 36.8. The first-order valence-corrected chi connectivity index (χ1v) is 17.6. The summed E-state index contributed by atoms with van der Waals surface area (Å²) in [5.74, 6) is -2.59. The van der Waals surface area contributed by atoms with Gasteiger partial charge in [-0.25, -0.2) is 9.59 Å². The zero-order valence-corrected chi connectivity index (χ0v) is 30.5. The standard InChI is InChI=1S/C31H49BN6O10S/c1-21(22-14-11-10-12-15-22)45-26(40)31(36-37-33)20-38(19-23(31)16-13-17-32-47-29(5,6)30(7,8)48-32)49(42,43)34-18-24(25(39)44-9)35-27(41)46-28(2,3)4/h10-12,14-15,21,23-24,34H,13,16-20H2,1-9H3,(H,35,41)/t21-,23-,24+,31-/m1/s1. The highest BCUT2D eigenvalue weighted by molar-refractivity contribution is 7.87. The van der Waals surface area contributed by atoms with Crippen molar-refractivity contribution in [2.75, 3.05) is 26.7 Å². The maximum absolute atomic E-state index is 13.9. The van der Waals surface area contributed by atoms with E-state index in [-0.39, 0.29) is 13.0 Å². The fourth-order valence-electron chi connectivity index (χ4n) is 5.57. The molecular weight excluding hydrogens is 659 g/mol. The number of alkyl carbamates (subject to hydrolysis) is 1. The van der Waals surface area contributed by atoms with Crippen molar-refractivity contribution in [2.45, 2.75) is 109 Å². The molecule has 1 aromatic rings. The molecule has 272 valence electrons. The number of carbonyl (C=O) groups is 3. The number of carbonyl (C=O) groups excluding carboxylic acids is 3. The molecule has 2 fully saturated rings. The number of azide groups is 1. The second-order valence-corrected chi connectivity index (χ2v) is 16.0. The predicted octanol–water partition coefficient (Wildman–Crippen LogP) is 4.04. The highest BCUT2D eigenvalue weighted by atomic mass is 32.2. The molecule has 4 atom stereocenters. The topological polar surface area (TPSA) is 208 Å². The predicted molar refractivity (Wildman–Crippen MR) is 180 cm³/mol. The third kappa shape index (κ3) is 10.1. The van der Waals surface area contributed by atoms with Crippen molar-refractivity contribution in [2.24, 2.45) is 11.0 Å². The number of nitrogens with one attached hydrogen (secondary N) is 2. The van der Waals surface area contributed by atoms with E-state index in [9.17, 15) is 28.3 Å². The molecule has 1 aromatic carbocycles. The van der Waals surface area contributed by atoms with Crippen molar-refractivity contribution >= 4 is 35.4 Å². The number of esters is 2. The number of benzene rings is 1. The minimum atomic E-state index is -4.43. The highest BCUT2D eigenvalue weighted by Gasteiger charge is 2.56. The van der Waals surface area contributed by atoms with Crippen LogP contribution in [0, 0.1) is 5.92 Å². The smallest absolute Gasteiger partial charge is 0.457 e. The Bertz CT molecular complexity index is 1480. The SMILES string of the molecule is COC(=O)[C@H](CNS(=O)(=O)N1C[C@@H](CCCB2OC(C)(C)C(C)(C)O2)[C@@](N=[N+]=[N-])(C(=O)O[C@H](C)c2ccccc2)C1)NC(=O)OC(C)(C)C. The average Bonchev–Trinajstić information content (AvgIpc) is 3.47. The Balaban J connectivity index is 1.85. The van der Waals surface area contributed by atoms with Crippen molar-refractivity contribution in [3.05, 3.63) is 46.3 Å². The largest absolute Gasteiger partial charge is 0.467 e. The highest BCUT2D eigenvalue weighted by Crippen LogP contribution is 2.41. The van der Waals surface area contributed by atoms with E-state index in [4.69, 9.17) is 23.5 Å². The lowest BCUT2D eigenvalue weighted by atomic mass is 9.78. The van der Waals surface area contributed by atoms with Crippen LogP contribution in [0.3, 0.4) is 0 Å². The van der Waals surface area contributed by atoms with Crippen LogP contribution in [0.25, 0.3) is 10.4 Å². The van der Waals surface area contributed by atoms with Crippen LogP contribution >= 0.6 is 0 Å². The van der Waals surface area contributed by atoms with Gasteiger partial charge < -0.3 is 28.8 Å². The summed E-state index contributed by atoms with van der Waals surface area (Å²) in [6.45, 7) is 12.9. The molecule has 2 saturated heterocycles. The summed E-state index contributed by atoms with van der Waals surface area (Å²) < 4.78 is 58.6.